The van der Waals surface area contributed by atoms with Crippen molar-refractivity contribution < 1.29 is 9.50 Å². The number of aromatic nitrogens is 3. The van der Waals surface area contributed by atoms with Crippen LogP contribution >= 0.6 is 0 Å². The van der Waals surface area contributed by atoms with E-state index in [0.717, 1.165) is 17.0 Å². The van der Waals surface area contributed by atoms with E-state index < -0.39 is 5.54 Å². The van der Waals surface area contributed by atoms with E-state index in [9.17, 15) is 9.50 Å². The van der Waals surface area contributed by atoms with Crippen molar-refractivity contribution in [2.24, 2.45) is 0 Å². The zero-order chi connectivity index (χ0) is 18.6. The van der Waals surface area contributed by atoms with Gasteiger partial charge < -0.3 is 10.4 Å². The van der Waals surface area contributed by atoms with Gasteiger partial charge in [0.05, 0.1) is 13.2 Å². The van der Waals surface area contributed by atoms with Crippen LogP contribution in [0.3, 0.4) is 0 Å². The number of benzene rings is 2. The standard InChI is InChI=1S/C20H23FN4O/c1-20(2,14-26)22-12-18-19(15-8-4-3-5-9-15)24-25(23-18)13-16-10-6-7-11-17(16)21/h3-11,22,26H,12-14H2,1-2H3. The molecule has 3 aromatic rings. The van der Waals surface area contributed by atoms with Crippen LogP contribution < -0.4 is 5.32 Å². The lowest BCUT2D eigenvalue weighted by atomic mass is 10.1. The summed E-state index contributed by atoms with van der Waals surface area (Å²) < 4.78 is 13.9. The van der Waals surface area contributed by atoms with Crippen LogP contribution in [-0.2, 0) is 13.1 Å². The van der Waals surface area contributed by atoms with Gasteiger partial charge in [-0.05, 0) is 19.9 Å². The Morgan fingerprint density at radius 1 is 1.04 bits per heavy atom. The summed E-state index contributed by atoms with van der Waals surface area (Å²) in [5, 5.41) is 21.9. The van der Waals surface area contributed by atoms with Crippen LogP contribution in [0.5, 0.6) is 0 Å². The second kappa shape index (κ2) is 7.76. The molecule has 0 bridgehead atoms. The summed E-state index contributed by atoms with van der Waals surface area (Å²) in [6.07, 6.45) is 0. The maximum Gasteiger partial charge on any atom is 0.128 e. The van der Waals surface area contributed by atoms with Gasteiger partial charge in [-0.1, -0.05) is 48.5 Å². The zero-order valence-corrected chi connectivity index (χ0v) is 15.0. The van der Waals surface area contributed by atoms with Crippen LogP contribution in [0.15, 0.2) is 54.6 Å². The van der Waals surface area contributed by atoms with Gasteiger partial charge in [0.1, 0.15) is 17.2 Å². The van der Waals surface area contributed by atoms with Crippen molar-refractivity contribution in [2.75, 3.05) is 6.61 Å². The number of halogens is 1. The fourth-order valence-electron chi connectivity index (χ4n) is 2.55. The molecule has 0 amide bonds. The average Bonchev–Trinajstić information content (AvgIpc) is 3.06. The molecule has 0 unspecified atom stereocenters. The molecule has 0 saturated carbocycles. The van der Waals surface area contributed by atoms with Crippen molar-refractivity contribution in [3.8, 4) is 11.3 Å². The number of nitrogens with one attached hydrogen (secondary N) is 1. The lowest BCUT2D eigenvalue weighted by molar-refractivity contribution is 0.187. The van der Waals surface area contributed by atoms with E-state index in [4.69, 9.17) is 0 Å². The third-order valence-electron chi connectivity index (χ3n) is 4.17. The van der Waals surface area contributed by atoms with Gasteiger partial charge in [-0.25, -0.2) is 4.39 Å². The molecule has 6 heteroatoms. The second-order valence-corrected chi connectivity index (χ2v) is 6.88. The molecule has 0 spiro atoms. The van der Waals surface area contributed by atoms with Crippen molar-refractivity contribution in [1.82, 2.24) is 20.3 Å². The summed E-state index contributed by atoms with van der Waals surface area (Å²) in [6.45, 7) is 4.56. The number of aliphatic hydroxyl groups excluding tert-OH is 1. The summed E-state index contributed by atoms with van der Waals surface area (Å²) in [5.74, 6) is -0.271. The first kappa shape index (κ1) is 18.2. The highest BCUT2D eigenvalue weighted by Crippen LogP contribution is 2.21. The Morgan fingerprint density at radius 2 is 1.73 bits per heavy atom. The summed E-state index contributed by atoms with van der Waals surface area (Å²) in [5.41, 5.74) is 2.57. The van der Waals surface area contributed by atoms with Gasteiger partial charge >= 0.3 is 0 Å². The first-order valence-corrected chi connectivity index (χ1v) is 8.57. The molecule has 26 heavy (non-hydrogen) atoms. The van der Waals surface area contributed by atoms with Gasteiger partial charge in [0.25, 0.3) is 0 Å². The molecule has 0 aliphatic carbocycles. The fourth-order valence-corrected chi connectivity index (χ4v) is 2.55. The highest BCUT2D eigenvalue weighted by atomic mass is 19.1. The fraction of sp³-hybridized carbons (Fsp3) is 0.300. The molecule has 0 fully saturated rings. The molecule has 5 nitrogen and oxygen atoms in total. The average molecular weight is 354 g/mol. The summed E-state index contributed by atoms with van der Waals surface area (Å²) in [7, 11) is 0. The van der Waals surface area contributed by atoms with Gasteiger partial charge in [0.2, 0.25) is 0 Å². The van der Waals surface area contributed by atoms with Crippen LogP contribution in [0, 0.1) is 5.82 Å². The topological polar surface area (TPSA) is 63.0 Å². The molecule has 2 N–H and O–H groups in total. The van der Waals surface area contributed by atoms with Gasteiger partial charge in [0, 0.05) is 23.2 Å². The van der Waals surface area contributed by atoms with Crippen LogP contribution in [0.2, 0.25) is 0 Å². The Morgan fingerprint density at radius 3 is 2.42 bits per heavy atom. The van der Waals surface area contributed by atoms with Crippen molar-refractivity contribution in [3.63, 3.8) is 0 Å². The summed E-state index contributed by atoms with van der Waals surface area (Å²) >= 11 is 0. The van der Waals surface area contributed by atoms with Crippen LogP contribution in [0.25, 0.3) is 11.3 Å². The predicted octanol–water partition coefficient (Wildman–Crippen LogP) is 2.99. The molecule has 2 aromatic carbocycles. The number of rotatable bonds is 7. The molecular weight excluding hydrogens is 331 g/mol. The SMILES string of the molecule is CC(C)(CO)NCc1nn(Cc2ccccc2F)nc1-c1ccccc1. The van der Waals surface area contributed by atoms with Crippen LogP contribution in [0.1, 0.15) is 25.1 Å². The molecule has 1 aromatic heterocycles. The quantitative estimate of drug-likeness (QED) is 0.685. The van der Waals surface area contributed by atoms with E-state index in [1.807, 2.05) is 44.2 Å². The third kappa shape index (κ3) is 4.33. The Labute approximate surface area is 152 Å². The minimum absolute atomic E-state index is 0.0109. The highest BCUT2D eigenvalue weighted by Gasteiger charge is 2.19. The second-order valence-electron chi connectivity index (χ2n) is 6.88. The van der Waals surface area contributed by atoms with Crippen molar-refractivity contribution >= 4 is 0 Å². The Hall–Kier alpha value is -2.57. The monoisotopic (exact) mass is 354 g/mol. The number of aliphatic hydroxyl groups is 1. The van der Waals surface area contributed by atoms with E-state index in [2.05, 4.69) is 15.5 Å². The number of hydrogen-bond acceptors (Lipinski definition) is 4. The molecule has 0 radical (unpaired) electrons. The van der Waals surface area contributed by atoms with Gasteiger partial charge in [0.15, 0.2) is 0 Å². The first-order valence-electron chi connectivity index (χ1n) is 8.57. The summed E-state index contributed by atoms with van der Waals surface area (Å²) in [6, 6.07) is 16.4. The Bertz CT molecular complexity index is 861. The largest absolute Gasteiger partial charge is 0.394 e. The molecule has 3 rings (SSSR count). The first-order chi connectivity index (χ1) is 12.5. The van der Waals surface area contributed by atoms with E-state index in [1.54, 1.807) is 18.2 Å². The smallest absolute Gasteiger partial charge is 0.128 e. The Balaban J connectivity index is 1.91. The maximum absolute atomic E-state index is 13.9. The predicted molar refractivity (Wildman–Crippen MR) is 99.0 cm³/mol. The van der Waals surface area contributed by atoms with E-state index in [0.29, 0.717) is 12.1 Å². The number of nitrogens with zero attached hydrogens (tertiary/aromatic N) is 3. The minimum Gasteiger partial charge on any atom is -0.394 e. The van der Waals surface area contributed by atoms with Gasteiger partial charge in [-0.15, -0.1) is 0 Å². The van der Waals surface area contributed by atoms with Crippen molar-refractivity contribution in [1.29, 1.82) is 0 Å². The highest BCUT2D eigenvalue weighted by molar-refractivity contribution is 5.60. The van der Waals surface area contributed by atoms with Gasteiger partial charge in [-0.2, -0.15) is 15.0 Å². The lowest BCUT2D eigenvalue weighted by Crippen LogP contribution is -2.42. The number of hydrogen-bond donors (Lipinski definition) is 2. The van der Waals surface area contributed by atoms with E-state index in [-0.39, 0.29) is 19.0 Å². The zero-order valence-electron chi connectivity index (χ0n) is 15.0. The molecule has 0 atom stereocenters. The third-order valence-corrected chi connectivity index (χ3v) is 4.17. The van der Waals surface area contributed by atoms with Crippen molar-refractivity contribution in [2.45, 2.75) is 32.5 Å². The normalized spacial score (nSPS) is 11.7. The molecule has 1 heterocycles. The molecule has 0 aliphatic heterocycles. The summed E-state index contributed by atoms with van der Waals surface area (Å²) in [4.78, 5) is 1.52. The molecular formula is C20H23FN4O. The van der Waals surface area contributed by atoms with E-state index in [1.165, 1.54) is 10.9 Å². The van der Waals surface area contributed by atoms with Crippen LogP contribution in [0.4, 0.5) is 4.39 Å². The minimum atomic E-state index is -0.427. The van der Waals surface area contributed by atoms with Crippen molar-refractivity contribution in [3.05, 3.63) is 71.7 Å². The van der Waals surface area contributed by atoms with E-state index >= 15 is 0 Å². The molecule has 0 saturated heterocycles. The maximum atomic E-state index is 13.9. The van der Waals surface area contributed by atoms with Gasteiger partial charge in [-0.3, -0.25) is 0 Å². The molecule has 0 aliphatic rings. The Kier molecular flexibility index (Phi) is 5.44. The molecule has 136 valence electrons. The lowest BCUT2D eigenvalue weighted by Gasteiger charge is -2.23. The van der Waals surface area contributed by atoms with Crippen LogP contribution in [-0.4, -0.2) is 32.2 Å².